The van der Waals surface area contributed by atoms with E-state index in [0.717, 1.165) is 34.5 Å². The van der Waals surface area contributed by atoms with Crippen LogP contribution in [-0.4, -0.2) is 19.0 Å². The van der Waals surface area contributed by atoms with Gasteiger partial charge in [0.1, 0.15) is 0 Å². The van der Waals surface area contributed by atoms with E-state index in [2.05, 4.69) is 183 Å². The molecular weight excluding hydrogens is 643 g/mol. The number of rotatable bonds is 12. The summed E-state index contributed by atoms with van der Waals surface area (Å²) >= 11 is 0. The van der Waals surface area contributed by atoms with Gasteiger partial charge in [-0.05, 0) is 124 Å². The number of benzene rings is 6. The van der Waals surface area contributed by atoms with Crippen LogP contribution in [0.5, 0.6) is 0 Å². The molecule has 6 aromatic carbocycles. The van der Waals surface area contributed by atoms with Gasteiger partial charge in [0.2, 0.25) is 0 Å². The highest BCUT2D eigenvalue weighted by atomic mass is 14.8. The molecule has 53 heavy (non-hydrogen) atoms. The van der Waals surface area contributed by atoms with E-state index >= 15 is 0 Å². The molecule has 6 aromatic rings. The summed E-state index contributed by atoms with van der Waals surface area (Å²) in [4.78, 5) is 9.86. The Morgan fingerprint density at radius 2 is 1.58 bits per heavy atom. The maximum Gasteiger partial charge on any atom is 0.0669 e. The van der Waals surface area contributed by atoms with E-state index in [9.17, 15) is 0 Å². The van der Waals surface area contributed by atoms with Gasteiger partial charge >= 0.3 is 0 Å². The van der Waals surface area contributed by atoms with Gasteiger partial charge in [-0.3, -0.25) is 9.98 Å². The fourth-order valence-electron chi connectivity index (χ4n) is 8.00. The molecular formula is C50H49N3. The summed E-state index contributed by atoms with van der Waals surface area (Å²) in [6.07, 6.45) is 16.4. The van der Waals surface area contributed by atoms with Crippen molar-refractivity contribution in [3.63, 3.8) is 0 Å². The third-order valence-corrected chi connectivity index (χ3v) is 10.8. The lowest BCUT2D eigenvalue weighted by Gasteiger charge is -2.32. The zero-order valence-corrected chi connectivity index (χ0v) is 31.0. The van der Waals surface area contributed by atoms with Gasteiger partial charge in [-0.2, -0.15) is 0 Å². The van der Waals surface area contributed by atoms with Gasteiger partial charge in [-0.25, -0.2) is 0 Å². The van der Waals surface area contributed by atoms with E-state index in [0.29, 0.717) is 31.3 Å². The van der Waals surface area contributed by atoms with Gasteiger partial charge in [0.15, 0.2) is 0 Å². The van der Waals surface area contributed by atoms with E-state index in [-0.39, 0.29) is 5.92 Å². The van der Waals surface area contributed by atoms with E-state index in [4.69, 9.17) is 10.7 Å². The van der Waals surface area contributed by atoms with Crippen LogP contribution < -0.4 is 5.73 Å². The number of nitrogens with two attached hydrogens (primary N) is 1. The molecule has 0 fully saturated rings. The molecule has 7 rings (SSSR count). The highest BCUT2D eigenvalue weighted by molar-refractivity contribution is 6.15. The minimum atomic E-state index is 0.248. The zero-order chi connectivity index (χ0) is 36.6. The van der Waals surface area contributed by atoms with Crippen molar-refractivity contribution in [2.45, 2.75) is 39.7 Å². The predicted octanol–water partition coefficient (Wildman–Crippen LogP) is 12.5. The van der Waals surface area contributed by atoms with Crippen LogP contribution in [-0.2, 0) is 6.54 Å². The average molecular weight is 692 g/mol. The van der Waals surface area contributed by atoms with Crippen LogP contribution >= 0.6 is 0 Å². The lowest BCUT2D eigenvalue weighted by Crippen LogP contribution is -2.29. The molecule has 0 spiro atoms. The summed E-state index contributed by atoms with van der Waals surface area (Å²) in [7, 11) is 0. The van der Waals surface area contributed by atoms with Crippen LogP contribution in [0.1, 0.15) is 44.2 Å². The van der Waals surface area contributed by atoms with Crippen molar-refractivity contribution in [3.05, 3.63) is 180 Å². The average Bonchev–Trinajstić information content (AvgIpc) is 3.21. The van der Waals surface area contributed by atoms with Crippen LogP contribution in [0.4, 0.5) is 0 Å². The number of hydrogen-bond acceptors (Lipinski definition) is 3. The standard InChI is InChI=1S/C50H49N3/c1-4-14-38(49(33-51)44-21-9-5-15-35(44)2)27-28-43(52-3)32-50(53-34-36-25-26-37-16-6-7-17-39(37)29-36)42-20-13-19-40(30-42)48-31-41-18-8-10-22-45(41)46-23-11-12-24-47(46)48/h4,6-14,16-27,29-32,35,44,49H,3,5,15,28,33-34,51H2,1-2H3/b14-4-,38-27+,43-32-,53-50?/t35?,44-,49?/m1/s1. The first kappa shape index (κ1) is 35.7. The highest BCUT2D eigenvalue weighted by Crippen LogP contribution is 2.36. The molecule has 0 saturated heterocycles. The second kappa shape index (κ2) is 16.8. The Morgan fingerprint density at radius 1 is 0.830 bits per heavy atom. The maximum absolute atomic E-state index is 6.47. The molecule has 0 saturated carbocycles. The van der Waals surface area contributed by atoms with E-state index in [1.165, 1.54) is 49.9 Å². The molecule has 0 aliphatic heterocycles. The Kier molecular flexibility index (Phi) is 11.3. The Bertz CT molecular complexity index is 2410. The van der Waals surface area contributed by atoms with Crippen molar-refractivity contribution >= 4 is 44.7 Å². The van der Waals surface area contributed by atoms with Crippen molar-refractivity contribution in [2.75, 3.05) is 6.54 Å². The topological polar surface area (TPSA) is 50.7 Å². The Morgan fingerprint density at radius 3 is 2.36 bits per heavy atom. The van der Waals surface area contributed by atoms with Crippen molar-refractivity contribution in [1.29, 1.82) is 0 Å². The normalized spacial score (nSPS) is 17.6. The summed E-state index contributed by atoms with van der Waals surface area (Å²) in [6.45, 7) is 9.60. The fraction of sp³-hybridized carbons (Fsp3) is 0.200. The van der Waals surface area contributed by atoms with E-state index in [1.807, 2.05) is 0 Å². The first-order chi connectivity index (χ1) is 26.1. The third-order valence-electron chi connectivity index (χ3n) is 10.8. The molecule has 0 aromatic heterocycles. The maximum atomic E-state index is 6.47. The lowest BCUT2D eigenvalue weighted by atomic mass is 9.74. The smallest absolute Gasteiger partial charge is 0.0669 e. The molecule has 2 unspecified atom stereocenters. The number of aliphatic imine (C=N–C) groups is 2. The number of allylic oxidation sites excluding steroid dienone is 6. The molecule has 0 heterocycles. The molecule has 0 amide bonds. The van der Waals surface area contributed by atoms with Crippen molar-refractivity contribution in [2.24, 2.45) is 33.5 Å². The number of hydrogen-bond donors (Lipinski definition) is 1. The molecule has 264 valence electrons. The van der Waals surface area contributed by atoms with Crippen LogP contribution in [0.2, 0.25) is 0 Å². The van der Waals surface area contributed by atoms with Gasteiger partial charge in [0.05, 0.1) is 12.3 Å². The largest absolute Gasteiger partial charge is 0.330 e. The fourth-order valence-corrected chi connectivity index (χ4v) is 8.00. The summed E-state index contributed by atoms with van der Waals surface area (Å²) < 4.78 is 0. The Hall–Kier alpha value is -5.64. The van der Waals surface area contributed by atoms with Crippen LogP contribution in [0.3, 0.4) is 0 Å². The van der Waals surface area contributed by atoms with Crippen LogP contribution in [0.15, 0.2) is 179 Å². The monoisotopic (exact) mass is 691 g/mol. The van der Waals surface area contributed by atoms with Crippen LogP contribution in [0.25, 0.3) is 43.4 Å². The number of fused-ring (bicyclic) bond motifs is 4. The molecule has 1 aliphatic carbocycles. The van der Waals surface area contributed by atoms with Gasteiger partial charge in [0, 0.05) is 23.6 Å². The highest BCUT2D eigenvalue weighted by Gasteiger charge is 2.27. The van der Waals surface area contributed by atoms with Crippen molar-refractivity contribution in [1.82, 2.24) is 0 Å². The minimum Gasteiger partial charge on any atom is -0.330 e. The van der Waals surface area contributed by atoms with E-state index in [1.54, 1.807) is 0 Å². The van der Waals surface area contributed by atoms with Gasteiger partial charge < -0.3 is 5.73 Å². The van der Waals surface area contributed by atoms with Gasteiger partial charge in [-0.1, -0.05) is 140 Å². The molecule has 1 aliphatic rings. The molecule has 0 bridgehead atoms. The van der Waals surface area contributed by atoms with Gasteiger partial charge in [0.25, 0.3) is 0 Å². The first-order valence-corrected chi connectivity index (χ1v) is 19.0. The summed E-state index contributed by atoms with van der Waals surface area (Å²) in [6, 6.07) is 43.5. The molecule has 3 atom stereocenters. The summed E-state index contributed by atoms with van der Waals surface area (Å²) in [5.74, 6) is 1.27. The summed E-state index contributed by atoms with van der Waals surface area (Å²) in [5, 5.41) is 7.43. The van der Waals surface area contributed by atoms with Crippen molar-refractivity contribution < 1.29 is 0 Å². The Balaban J connectivity index is 1.30. The molecule has 2 N–H and O–H groups in total. The van der Waals surface area contributed by atoms with E-state index < -0.39 is 0 Å². The lowest BCUT2D eigenvalue weighted by molar-refractivity contribution is 0.310. The minimum absolute atomic E-state index is 0.248. The zero-order valence-electron chi connectivity index (χ0n) is 31.0. The molecule has 3 heteroatoms. The first-order valence-electron chi connectivity index (χ1n) is 19.0. The van der Waals surface area contributed by atoms with Gasteiger partial charge in [-0.15, -0.1) is 0 Å². The summed E-state index contributed by atoms with van der Waals surface area (Å²) in [5.41, 5.74) is 14.0. The third kappa shape index (κ3) is 8.06. The second-order valence-electron chi connectivity index (χ2n) is 14.3. The predicted molar refractivity (Wildman–Crippen MR) is 230 cm³/mol. The second-order valence-corrected chi connectivity index (χ2v) is 14.3. The SMILES string of the molecule is C=N/C(=C\C(=NCc1ccc2ccccc2c1)c1cccc(-c2cc3ccccc3c3ccccc23)c1)C/C=C(\C=C/C)C(CN)[C@@H]1C=CCCC1C. The van der Waals surface area contributed by atoms with Crippen LogP contribution in [0, 0.1) is 17.8 Å². The quantitative estimate of drug-likeness (QED) is 0.0590. The molecule has 3 nitrogen and oxygen atoms in total. The Labute approximate surface area is 314 Å². The van der Waals surface area contributed by atoms with Crippen molar-refractivity contribution in [3.8, 4) is 11.1 Å². The molecule has 0 radical (unpaired) electrons. The number of nitrogens with zero attached hydrogens (tertiary/aromatic N) is 2.